The number of aromatic nitrogens is 1. The average molecular weight is 745 g/mol. The standard InChI is InChI=1S/C35H27Br2N3O4S/c1-21-30(33(41)39-25-13-7-4-8-14-25)31(24-12-9-15-26(19-24)43-2)40-34(42)29(45-35(40)38-21)18-23-16-27(36)32(28(37)17-23)44-20-22-10-5-3-6-11-22/h3-19,31H,20H2,1-2H3,(H,39,41)/b29-18-/t31-/m0/s1. The summed E-state index contributed by atoms with van der Waals surface area (Å²) < 4.78 is 15.1. The summed E-state index contributed by atoms with van der Waals surface area (Å²) >= 11 is 8.55. The quantitative estimate of drug-likeness (QED) is 0.186. The first-order chi connectivity index (χ1) is 21.8. The van der Waals surface area contributed by atoms with Gasteiger partial charge in [0, 0.05) is 5.69 Å². The maximum absolute atomic E-state index is 14.1. The largest absolute Gasteiger partial charge is 0.497 e. The van der Waals surface area contributed by atoms with E-state index in [4.69, 9.17) is 14.5 Å². The van der Waals surface area contributed by atoms with E-state index < -0.39 is 6.04 Å². The second kappa shape index (κ2) is 13.4. The van der Waals surface area contributed by atoms with Crippen LogP contribution in [0.2, 0.25) is 0 Å². The van der Waals surface area contributed by atoms with Gasteiger partial charge in [0.05, 0.1) is 37.9 Å². The molecular weight excluding hydrogens is 718 g/mol. The molecule has 1 aromatic heterocycles. The van der Waals surface area contributed by atoms with E-state index in [1.807, 2.05) is 103 Å². The van der Waals surface area contributed by atoms with Gasteiger partial charge in [-0.3, -0.25) is 14.2 Å². The van der Waals surface area contributed by atoms with E-state index in [-0.39, 0.29) is 11.5 Å². The monoisotopic (exact) mass is 743 g/mol. The number of methoxy groups -OCH3 is 1. The molecule has 5 aromatic rings. The third-order valence-corrected chi connectivity index (χ3v) is 9.41. The van der Waals surface area contributed by atoms with Crippen LogP contribution in [-0.2, 0) is 11.4 Å². The molecule has 226 valence electrons. The van der Waals surface area contributed by atoms with Gasteiger partial charge in [-0.2, -0.15) is 0 Å². The van der Waals surface area contributed by atoms with Crippen molar-refractivity contribution in [3.63, 3.8) is 0 Å². The van der Waals surface area contributed by atoms with E-state index in [2.05, 4.69) is 37.2 Å². The number of thiazole rings is 1. The van der Waals surface area contributed by atoms with Crippen LogP contribution >= 0.6 is 43.2 Å². The van der Waals surface area contributed by atoms with E-state index in [9.17, 15) is 9.59 Å². The van der Waals surface area contributed by atoms with Crippen molar-refractivity contribution in [1.29, 1.82) is 0 Å². The topological polar surface area (TPSA) is 81.9 Å². The molecule has 7 nitrogen and oxygen atoms in total. The Hall–Kier alpha value is -4.25. The molecule has 0 saturated heterocycles. The van der Waals surface area contributed by atoms with E-state index in [1.165, 1.54) is 11.3 Å². The van der Waals surface area contributed by atoms with Crippen molar-refractivity contribution in [3.8, 4) is 11.5 Å². The molecule has 0 radical (unpaired) electrons. The summed E-state index contributed by atoms with van der Waals surface area (Å²) in [6.45, 7) is 2.21. The number of rotatable bonds is 8. The number of carbonyl (C=O) groups is 1. The number of anilines is 1. The Bertz CT molecular complexity index is 2090. The maximum atomic E-state index is 14.1. The van der Waals surface area contributed by atoms with Gasteiger partial charge in [-0.15, -0.1) is 0 Å². The molecule has 6 rings (SSSR count). The van der Waals surface area contributed by atoms with Crippen LogP contribution in [0.1, 0.15) is 29.7 Å². The van der Waals surface area contributed by atoms with Crippen LogP contribution < -0.4 is 29.7 Å². The minimum Gasteiger partial charge on any atom is -0.497 e. The molecule has 1 aliphatic heterocycles. The molecule has 0 fully saturated rings. The molecule has 0 saturated carbocycles. The Labute approximate surface area is 280 Å². The van der Waals surface area contributed by atoms with Gasteiger partial charge in [-0.1, -0.05) is 72.0 Å². The number of nitrogens with zero attached hydrogens (tertiary/aromatic N) is 2. The Morgan fingerprint density at radius 2 is 1.67 bits per heavy atom. The Balaban J connectivity index is 1.41. The van der Waals surface area contributed by atoms with Crippen molar-refractivity contribution in [1.82, 2.24) is 4.57 Å². The number of benzene rings is 4. The van der Waals surface area contributed by atoms with Gasteiger partial charge in [-0.05, 0) is 97.9 Å². The Kier molecular flexibility index (Phi) is 9.16. The molecule has 0 unspecified atom stereocenters. The lowest BCUT2D eigenvalue weighted by Crippen LogP contribution is -2.40. The van der Waals surface area contributed by atoms with Crippen LogP contribution in [0.25, 0.3) is 6.08 Å². The summed E-state index contributed by atoms with van der Waals surface area (Å²) in [6, 6.07) is 29.7. The first-order valence-electron chi connectivity index (χ1n) is 14.0. The number of allylic oxidation sites excluding steroid dienone is 1. The lowest BCUT2D eigenvalue weighted by Gasteiger charge is -2.25. The molecule has 0 bridgehead atoms. The molecule has 10 heteroatoms. The molecule has 0 aliphatic carbocycles. The van der Waals surface area contributed by atoms with Crippen molar-refractivity contribution in [2.75, 3.05) is 12.4 Å². The highest BCUT2D eigenvalue weighted by Crippen LogP contribution is 2.36. The summed E-state index contributed by atoms with van der Waals surface area (Å²) in [6.07, 6.45) is 1.83. The maximum Gasteiger partial charge on any atom is 0.271 e. The highest BCUT2D eigenvalue weighted by atomic mass is 79.9. The number of carbonyl (C=O) groups excluding carboxylic acids is 1. The van der Waals surface area contributed by atoms with Gasteiger partial charge in [0.25, 0.3) is 11.5 Å². The molecule has 0 spiro atoms. The second-order valence-corrected chi connectivity index (χ2v) is 13.0. The van der Waals surface area contributed by atoms with E-state index in [0.717, 1.165) is 25.6 Å². The molecule has 1 aliphatic rings. The lowest BCUT2D eigenvalue weighted by atomic mass is 9.95. The predicted octanol–water partition coefficient (Wildman–Crippen LogP) is 6.99. The molecular formula is C35H27Br2N3O4S. The zero-order chi connectivity index (χ0) is 31.5. The first-order valence-corrected chi connectivity index (χ1v) is 16.4. The average Bonchev–Trinajstić information content (AvgIpc) is 3.34. The number of halogens is 2. The number of amides is 1. The van der Waals surface area contributed by atoms with E-state index in [0.29, 0.717) is 44.4 Å². The SMILES string of the molecule is COc1cccc([C@H]2C(C(=O)Nc3ccccc3)=C(C)N=c3s/c(=C\c4cc(Br)c(OCc5ccccc5)c(Br)c4)c(=O)n32)c1. The molecule has 1 amide bonds. The van der Waals surface area contributed by atoms with Crippen molar-refractivity contribution < 1.29 is 14.3 Å². The van der Waals surface area contributed by atoms with Crippen LogP contribution in [0, 0.1) is 0 Å². The fourth-order valence-electron chi connectivity index (χ4n) is 5.14. The summed E-state index contributed by atoms with van der Waals surface area (Å²) in [7, 11) is 1.59. The Morgan fingerprint density at radius 3 is 2.36 bits per heavy atom. The van der Waals surface area contributed by atoms with Crippen molar-refractivity contribution in [2.45, 2.75) is 19.6 Å². The Morgan fingerprint density at radius 1 is 0.978 bits per heavy atom. The molecule has 1 atom stereocenters. The van der Waals surface area contributed by atoms with Gasteiger partial charge in [-0.25, -0.2) is 4.99 Å². The van der Waals surface area contributed by atoms with Crippen molar-refractivity contribution >= 4 is 60.9 Å². The number of fused-ring (bicyclic) bond motifs is 1. The summed E-state index contributed by atoms with van der Waals surface area (Å²) in [5.74, 6) is 0.958. The second-order valence-electron chi connectivity index (χ2n) is 10.3. The summed E-state index contributed by atoms with van der Waals surface area (Å²) in [5.41, 5.74) is 3.91. The highest BCUT2D eigenvalue weighted by molar-refractivity contribution is 9.11. The van der Waals surface area contributed by atoms with E-state index >= 15 is 0 Å². The highest BCUT2D eigenvalue weighted by Gasteiger charge is 2.32. The molecule has 4 aromatic carbocycles. The third-order valence-electron chi connectivity index (χ3n) is 7.25. The lowest BCUT2D eigenvalue weighted by molar-refractivity contribution is -0.113. The number of hydrogen-bond donors (Lipinski definition) is 1. The zero-order valence-electron chi connectivity index (χ0n) is 24.3. The minimum atomic E-state index is -0.713. The number of nitrogens with one attached hydrogen (secondary N) is 1. The minimum absolute atomic E-state index is 0.249. The molecule has 2 heterocycles. The van der Waals surface area contributed by atoms with Gasteiger partial charge < -0.3 is 14.8 Å². The van der Waals surface area contributed by atoms with Gasteiger partial charge in [0.2, 0.25) is 0 Å². The molecule has 1 N–H and O–H groups in total. The van der Waals surface area contributed by atoms with Crippen molar-refractivity contribution in [2.24, 2.45) is 4.99 Å². The fourth-order valence-corrected chi connectivity index (χ4v) is 7.64. The number of hydrogen-bond acceptors (Lipinski definition) is 6. The normalized spacial score (nSPS) is 14.5. The van der Waals surface area contributed by atoms with Gasteiger partial charge in [0.1, 0.15) is 18.1 Å². The van der Waals surface area contributed by atoms with Crippen LogP contribution in [-0.4, -0.2) is 17.6 Å². The van der Waals surface area contributed by atoms with Crippen LogP contribution in [0.4, 0.5) is 5.69 Å². The zero-order valence-corrected chi connectivity index (χ0v) is 28.3. The summed E-state index contributed by atoms with van der Waals surface area (Å²) in [4.78, 5) is 33.2. The van der Waals surface area contributed by atoms with Gasteiger partial charge in [0.15, 0.2) is 4.80 Å². The third kappa shape index (κ3) is 6.58. The molecule has 45 heavy (non-hydrogen) atoms. The van der Waals surface area contributed by atoms with Crippen molar-refractivity contribution in [3.05, 3.63) is 154 Å². The van der Waals surface area contributed by atoms with E-state index in [1.54, 1.807) is 18.6 Å². The number of ether oxygens (including phenoxy) is 2. The number of para-hydroxylation sites is 1. The van der Waals surface area contributed by atoms with Crippen LogP contribution in [0.3, 0.4) is 0 Å². The predicted molar refractivity (Wildman–Crippen MR) is 184 cm³/mol. The van der Waals surface area contributed by atoms with Crippen LogP contribution in [0.15, 0.2) is 127 Å². The van der Waals surface area contributed by atoms with Gasteiger partial charge >= 0.3 is 0 Å². The van der Waals surface area contributed by atoms with Crippen LogP contribution in [0.5, 0.6) is 11.5 Å². The first kappa shape index (κ1) is 30.8. The summed E-state index contributed by atoms with van der Waals surface area (Å²) in [5, 5.41) is 2.98. The fraction of sp³-hybridized carbons (Fsp3) is 0.114. The smallest absolute Gasteiger partial charge is 0.271 e.